The average molecular weight is 1160 g/mol. The van der Waals surface area contributed by atoms with Crippen molar-refractivity contribution in [2.75, 3.05) is 26.4 Å². The van der Waals surface area contributed by atoms with Crippen molar-refractivity contribution in [3.63, 3.8) is 0 Å². The fraction of sp³-hybridized carbons (Fsp3) is 0.492. The molecule has 3 N–H and O–H groups in total. The molecule has 5 aromatic rings. The van der Waals surface area contributed by atoms with Crippen LogP contribution in [-0.2, 0) is 35.2 Å². The van der Waals surface area contributed by atoms with Crippen molar-refractivity contribution in [2.45, 2.75) is 185 Å². The van der Waals surface area contributed by atoms with Gasteiger partial charge in [-0.2, -0.15) is 6.42 Å². The van der Waals surface area contributed by atoms with Gasteiger partial charge in [0, 0.05) is 53.0 Å². The summed E-state index contributed by atoms with van der Waals surface area (Å²) in [5.41, 5.74) is 24.7. The second kappa shape index (κ2) is 56.8. The van der Waals surface area contributed by atoms with Gasteiger partial charge in [-0.1, -0.05) is 214 Å². The fourth-order valence-corrected chi connectivity index (χ4v) is 7.53. The van der Waals surface area contributed by atoms with E-state index in [-0.39, 0.29) is 68.5 Å². The summed E-state index contributed by atoms with van der Waals surface area (Å²) in [4.78, 5) is 23.3. The van der Waals surface area contributed by atoms with Crippen LogP contribution in [0.25, 0.3) is 10.4 Å². The second-order valence-corrected chi connectivity index (χ2v) is 18.4. The van der Waals surface area contributed by atoms with E-state index in [1.807, 2.05) is 67.6 Å². The van der Waals surface area contributed by atoms with Crippen LogP contribution in [0.15, 0.2) is 131 Å². The Morgan fingerprint density at radius 2 is 0.961 bits per heavy atom. The Bertz CT molecular complexity index is 2100. The summed E-state index contributed by atoms with van der Waals surface area (Å²) in [5.74, 6) is 0. The van der Waals surface area contributed by atoms with Crippen LogP contribution in [0, 0.1) is 6.92 Å². The number of aliphatic hydroxyl groups is 1. The van der Waals surface area contributed by atoms with Gasteiger partial charge in [-0.15, -0.1) is 0 Å². The van der Waals surface area contributed by atoms with Crippen molar-refractivity contribution in [3.8, 4) is 0 Å². The molecule has 2 aliphatic heterocycles. The third-order valence-electron chi connectivity index (χ3n) is 11.3. The van der Waals surface area contributed by atoms with E-state index in [9.17, 15) is 14.7 Å². The molecule has 2 fully saturated rings. The molecule has 0 aromatic heterocycles. The normalized spacial score (nSPS) is 12.3. The van der Waals surface area contributed by atoms with Gasteiger partial charge in [-0.05, 0) is 133 Å². The number of aldehydes is 2. The number of ether oxygens (including phenoxy) is 2. The van der Waals surface area contributed by atoms with Gasteiger partial charge in [0.1, 0.15) is 12.6 Å². The Balaban J connectivity index is -0.000000263. The van der Waals surface area contributed by atoms with Crippen LogP contribution < -0.4 is 18.1 Å². The molecule has 0 spiro atoms. The number of hydrogen-bond acceptors (Lipinski definition) is 7. The smallest absolute Gasteiger partial charge is 1.00 e. The second-order valence-electron chi connectivity index (χ2n) is 17.5. The molecule has 426 valence electrons. The SMILES string of the molecule is C.C.C1CCOC1.C1CCOC1.CCCC(N)c1cccc(CC)c1.CCCC(N=[N+]=[N-])c1cccc(CC)c1.CCCC(O)c1cccc(CC)c1.CCc1cccc(C=O)c1.O=Cc1cccc(Br)c1.[CH2-]CC.[Cl-].[Mg+2]. The van der Waals surface area contributed by atoms with Crippen LogP contribution in [-0.4, -0.2) is 67.2 Å². The van der Waals surface area contributed by atoms with Crippen molar-refractivity contribution >= 4 is 51.6 Å². The Hall–Kier alpha value is -3.87. The number of nitrogens with zero attached hydrogens (tertiary/aromatic N) is 3. The zero-order chi connectivity index (χ0) is 54.3. The minimum Gasteiger partial charge on any atom is -1.00 e. The standard InChI is InChI=1S/C12H17N3.C12H19N.C12H18O.C9H10O.C7H5BrO.2C4H8O.C3H7.2CH4.ClH.Mg/c1-3-6-12(14-15-13)11-8-5-7-10(4-2)9-11;2*1-3-6-12(13)11-8-5-7-10(4-2)9-11;1-2-8-4-3-5-9(6-8)7-10;8-7-3-1-2-6(4-7)5-9;2*1-2-4-5-3-1;1-3-2;;;;/h5,7-9,12H,3-4,6H2,1-2H3;5,7-9,12H,3-4,6,13H2,1-2H3;5,7-9,12-13H,3-4,6H2,1-2H3;3-7H,2H2,1H3;1-5H;2*1-4H2;1,3H2,2H3;2*1H4;1H;/q;;;;;;;-1;;;;+2/p-1. The molecular weight excluding hydrogens is 1060 g/mol. The summed E-state index contributed by atoms with van der Waals surface area (Å²) in [6.45, 7) is 24.4. The summed E-state index contributed by atoms with van der Waals surface area (Å²) in [5, 5.41) is 13.6. The topological polar surface area (TPSA) is 148 Å². The van der Waals surface area contributed by atoms with E-state index in [4.69, 9.17) is 20.7 Å². The quantitative estimate of drug-likeness (QED) is 0.0251. The molecule has 0 saturated carbocycles. The molecule has 7 rings (SSSR count). The van der Waals surface area contributed by atoms with Crippen molar-refractivity contribution < 1.29 is 36.6 Å². The Morgan fingerprint density at radius 1 is 0.597 bits per heavy atom. The van der Waals surface area contributed by atoms with E-state index in [1.165, 1.54) is 53.5 Å². The van der Waals surface area contributed by atoms with Crippen molar-refractivity contribution in [2.24, 2.45) is 10.8 Å². The first-order chi connectivity index (χ1) is 35.5. The summed E-state index contributed by atoms with van der Waals surface area (Å²) >= 11 is 3.24. The molecular formula is C65H100BrClMgN4O5. The van der Waals surface area contributed by atoms with Gasteiger partial charge >= 0.3 is 23.1 Å². The van der Waals surface area contributed by atoms with E-state index in [0.29, 0.717) is 5.56 Å². The van der Waals surface area contributed by atoms with E-state index < -0.39 is 0 Å². The Morgan fingerprint density at radius 3 is 1.32 bits per heavy atom. The first-order valence-corrected chi connectivity index (χ1v) is 27.7. The van der Waals surface area contributed by atoms with E-state index in [2.05, 4.69) is 130 Å². The molecule has 3 atom stereocenters. The minimum absolute atomic E-state index is 0. The number of nitrogens with two attached hydrogens (primary N) is 1. The van der Waals surface area contributed by atoms with Crippen molar-refractivity contribution in [1.82, 2.24) is 0 Å². The zero-order valence-corrected chi connectivity index (χ0v) is 50.8. The molecule has 2 aliphatic rings. The number of halogens is 2. The fourth-order valence-electron chi connectivity index (χ4n) is 7.12. The molecule has 0 bridgehead atoms. The minimum atomic E-state index is -0.281. The molecule has 0 amide bonds. The number of aryl methyl sites for hydroxylation is 4. The first kappa shape index (κ1) is 82.0. The van der Waals surface area contributed by atoms with Crippen LogP contribution in [0.5, 0.6) is 0 Å². The van der Waals surface area contributed by atoms with E-state index in [1.54, 1.807) is 12.1 Å². The number of azide groups is 1. The molecule has 9 nitrogen and oxygen atoms in total. The van der Waals surface area contributed by atoms with Gasteiger partial charge in [0.25, 0.3) is 0 Å². The summed E-state index contributed by atoms with van der Waals surface area (Å²) in [6.07, 6.45) is 17.7. The molecule has 3 unspecified atom stereocenters. The van der Waals surface area contributed by atoms with Gasteiger partial charge in [-0.3, -0.25) is 9.59 Å². The number of benzene rings is 5. The van der Waals surface area contributed by atoms with Gasteiger partial charge in [-0.25, -0.2) is 0 Å². The third kappa shape index (κ3) is 41.8. The van der Waals surface area contributed by atoms with Gasteiger partial charge in [0.05, 0.1) is 12.1 Å². The molecule has 5 aromatic carbocycles. The van der Waals surface area contributed by atoms with Gasteiger partial charge < -0.3 is 39.6 Å². The van der Waals surface area contributed by atoms with Crippen molar-refractivity contribution in [1.29, 1.82) is 0 Å². The van der Waals surface area contributed by atoms with Crippen LogP contribution in [0.4, 0.5) is 0 Å². The van der Waals surface area contributed by atoms with Gasteiger partial charge in [0.15, 0.2) is 0 Å². The number of rotatable bonds is 16. The average Bonchev–Trinajstić information content (AvgIpc) is 4.24. The zero-order valence-electron chi connectivity index (χ0n) is 47.0. The number of carbonyl (C=O) groups is 2. The molecule has 0 aliphatic carbocycles. The summed E-state index contributed by atoms with van der Waals surface area (Å²) in [7, 11) is 0. The first-order valence-electron chi connectivity index (χ1n) is 26.9. The summed E-state index contributed by atoms with van der Waals surface area (Å²) in [6, 6.07) is 40.2. The van der Waals surface area contributed by atoms with Crippen LogP contribution in [0.3, 0.4) is 0 Å². The molecule has 2 heterocycles. The predicted octanol–water partition coefficient (Wildman–Crippen LogP) is 15.6. The Labute approximate surface area is 500 Å². The molecule has 77 heavy (non-hydrogen) atoms. The van der Waals surface area contributed by atoms with Crippen LogP contribution >= 0.6 is 15.9 Å². The third-order valence-corrected chi connectivity index (χ3v) is 11.8. The van der Waals surface area contributed by atoms with E-state index in [0.717, 1.165) is 131 Å². The maximum absolute atomic E-state index is 10.3. The number of aliphatic hydroxyl groups excluding tert-OH is 1. The number of hydrogen-bond donors (Lipinski definition) is 2. The van der Waals surface area contributed by atoms with Gasteiger partial charge in [0.2, 0.25) is 0 Å². The predicted molar refractivity (Wildman–Crippen MR) is 332 cm³/mol. The van der Waals surface area contributed by atoms with Crippen LogP contribution in [0.2, 0.25) is 0 Å². The maximum atomic E-state index is 10.3. The molecule has 2 saturated heterocycles. The Kier molecular flexibility index (Phi) is 60.5. The maximum Gasteiger partial charge on any atom is 2.00 e. The molecule has 12 heteroatoms. The summed E-state index contributed by atoms with van der Waals surface area (Å²) < 4.78 is 10.8. The molecule has 0 radical (unpaired) electrons. The number of carbonyl (C=O) groups excluding carboxylic acids is 2. The van der Waals surface area contributed by atoms with Crippen molar-refractivity contribution in [3.05, 3.63) is 193 Å². The largest absolute Gasteiger partial charge is 2.00 e. The monoisotopic (exact) mass is 1150 g/mol. The van der Waals surface area contributed by atoms with Crippen LogP contribution in [0.1, 0.15) is 219 Å². The van der Waals surface area contributed by atoms with E-state index >= 15 is 0 Å².